The molecule has 3 aromatic heterocycles. The fraction of sp³-hybridized carbons (Fsp3) is 0.240. The number of nitrogens with zero attached hydrogens (tertiary/aromatic N) is 4. The number of halogens is 1. The van der Waals surface area contributed by atoms with Crippen LogP contribution in [0, 0.1) is 6.92 Å². The number of benzene rings is 1. The second-order valence-corrected chi connectivity index (χ2v) is 9.01. The molecule has 1 fully saturated rings. The van der Waals surface area contributed by atoms with E-state index in [2.05, 4.69) is 19.9 Å². The summed E-state index contributed by atoms with van der Waals surface area (Å²) in [5, 5.41) is 0.184. The van der Waals surface area contributed by atoms with Crippen LogP contribution < -0.4 is 0 Å². The number of hydrogen-bond donors (Lipinski definition) is 2. The summed E-state index contributed by atoms with van der Waals surface area (Å²) >= 11 is 6.25. The highest BCUT2D eigenvalue weighted by atomic mass is 35.5. The van der Waals surface area contributed by atoms with Gasteiger partial charge in [0.15, 0.2) is 0 Å². The molecular formula is C25H23ClN6O3. The first-order chi connectivity index (χ1) is 16.8. The number of amides is 2. The maximum Gasteiger partial charge on any atom is 0.295 e. The lowest BCUT2D eigenvalue weighted by molar-refractivity contribution is -0.130. The maximum atomic E-state index is 13.3. The topological polar surface area (TPSA) is 115 Å². The van der Waals surface area contributed by atoms with Crippen LogP contribution in [0.15, 0.2) is 48.8 Å². The van der Waals surface area contributed by atoms with E-state index in [9.17, 15) is 14.4 Å². The van der Waals surface area contributed by atoms with Gasteiger partial charge in [0.1, 0.15) is 16.5 Å². The monoisotopic (exact) mass is 490 g/mol. The molecule has 2 amide bonds. The van der Waals surface area contributed by atoms with E-state index in [4.69, 9.17) is 11.6 Å². The Kier molecular flexibility index (Phi) is 5.86. The van der Waals surface area contributed by atoms with Gasteiger partial charge in [-0.15, -0.1) is 0 Å². The minimum atomic E-state index is -0.678. The zero-order valence-corrected chi connectivity index (χ0v) is 20.0. The number of aryl methyl sites for hydroxylation is 1. The van der Waals surface area contributed by atoms with Crippen molar-refractivity contribution in [1.82, 2.24) is 29.7 Å². The highest BCUT2D eigenvalue weighted by Gasteiger charge is 2.34. The molecule has 9 nitrogen and oxygen atoms in total. The van der Waals surface area contributed by atoms with E-state index in [-0.39, 0.29) is 29.2 Å². The molecule has 1 unspecified atom stereocenters. The maximum absolute atomic E-state index is 13.3. The van der Waals surface area contributed by atoms with Crippen LogP contribution in [0.25, 0.3) is 22.4 Å². The van der Waals surface area contributed by atoms with Crippen LogP contribution in [0.2, 0.25) is 5.15 Å². The lowest BCUT2D eigenvalue weighted by Gasteiger charge is -2.39. The molecule has 10 heteroatoms. The Morgan fingerprint density at radius 3 is 2.60 bits per heavy atom. The number of piperazine rings is 1. The number of rotatable bonds is 4. The predicted octanol–water partition coefficient (Wildman–Crippen LogP) is 3.47. The summed E-state index contributed by atoms with van der Waals surface area (Å²) < 4.78 is 0. The van der Waals surface area contributed by atoms with Crippen LogP contribution >= 0.6 is 11.6 Å². The van der Waals surface area contributed by atoms with Crippen molar-refractivity contribution in [1.29, 1.82) is 0 Å². The minimum Gasteiger partial charge on any atom is -0.358 e. The molecular weight excluding hydrogens is 468 g/mol. The molecule has 35 heavy (non-hydrogen) atoms. The first-order valence-electron chi connectivity index (χ1n) is 11.2. The number of ketones is 1. The van der Waals surface area contributed by atoms with Crippen LogP contribution in [-0.2, 0) is 4.79 Å². The van der Waals surface area contributed by atoms with E-state index in [0.717, 1.165) is 5.69 Å². The van der Waals surface area contributed by atoms with Crippen molar-refractivity contribution < 1.29 is 14.4 Å². The molecule has 0 radical (unpaired) electrons. The van der Waals surface area contributed by atoms with E-state index in [1.54, 1.807) is 29.3 Å². The summed E-state index contributed by atoms with van der Waals surface area (Å²) in [5.74, 6) is -0.825. The van der Waals surface area contributed by atoms with E-state index in [0.29, 0.717) is 41.1 Å². The predicted molar refractivity (Wildman–Crippen MR) is 131 cm³/mol. The number of H-pyrrole nitrogens is 2. The summed E-state index contributed by atoms with van der Waals surface area (Å²) in [4.78, 5) is 57.4. The molecule has 0 aliphatic carbocycles. The summed E-state index contributed by atoms with van der Waals surface area (Å²) in [7, 11) is 0. The molecule has 1 atom stereocenters. The molecule has 1 saturated heterocycles. The van der Waals surface area contributed by atoms with Gasteiger partial charge in [-0.2, -0.15) is 0 Å². The van der Waals surface area contributed by atoms with Crippen LogP contribution in [0.3, 0.4) is 0 Å². The van der Waals surface area contributed by atoms with Crippen LogP contribution in [-0.4, -0.2) is 73.0 Å². The Bertz CT molecular complexity index is 1440. The first-order valence-corrected chi connectivity index (χ1v) is 11.6. The molecule has 178 valence electrons. The lowest BCUT2D eigenvalue weighted by Crippen LogP contribution is -2.56. The van der Waals surface area contributed by atoms with Gasteiger partial charge in [-0.25, -0.2) is 9.97 Å². The molecule has 5 rings (SSSR count). The largest absolute Gasteiger partial charge is 0.358 e. The fourth-order valence-corrected chi connectivity index (χ4v) is 4.62. The van der Waals surface area contributed by atoms with Gasteiger partial charge < -0.3 is 19.8 Å². The van der Waals surface area contributed by atoms with E-state index in [1.807, 2.05) is 32.0 Å². The molecule has 1 aromatic carbocycles. The van der Waals surface area contributed by atoms with Gasteiger partial charge in [0, 0.05) is 54.9 Å². The number of aromatic amines is 2. The van der Waals surface area contributed by atoms with Gasteiger partial charge >= 0.3 is 0 Å². The number of hydrogen-bond acceptors (Lipinski definition) is 5. The SMILES string of the molecule is Cc1cnc(-c2cc(Cl)nc3c(C(=O)C(=O)N4CCN(C(=O)c5ccccc5)CC4C)c[nH]c23)[nH]1. The lowest BCUT2D eigenvalue weighted by atomic mass is 10.1. The van der Waals surface area contributed by atoms with Gasteiger partial charge in [0.2, 0.25) is 0 Å². The van der Waals surface area contributed by atoms with Gasteiger partial charge in [-0.1, -0.05) is 29.8 Å². The fourth-order valence-electron chi connectivity index (χ4n) is 4.43. The molecule has 0 bridgehead atoms. The Hall–Kier alpha value is -3.98. The highest BCUT2D eigenvalue weighted by Crippen LogP contribution is 2.30. The molecule has 4 aromatic rings. The minimum absolute atomic E-state index is 0.0907. The standard InChI is InChI=1S/C25H23ClN6O3/c1-14-11-28-23(29-14)17-10-19(26)30-21-18(12-27-20(17)21)22(33)25(35)32-9-8-31(13-15(32)2)24(34)16-6-4-3-5-7-16/h3-7,10-12,15,27H,8-9,13H2,1-2H3,(H,28,29). The average Bonchev–Trinajstić information content (AvgIpc) is 3.49. The zero-order chi connectivity index (χ0) is 24.7. The molecule has 0 saturated carbocycles. The normalized spacial score (nSPS) is 16.0. The van der Waals surface area contributed by atoms with Gasteiger partial charge in [0.25, 0.3) is 17.6 Å². The number of Topliss-reactive ketones (excluding diaryl/α,β-unsaturated/α-hetero) is 1. The number of fused-ring (bicyclic) bond motifs is 1. The smallest absolute Gasteiger partial charge is 0.295 e. The number of nitrogens with one attached hydrogen (secondary N) is 2. The van der Waals surface area contributed by atoms with Crippen molar-refractivity contribution in [2.45, 2.75) is 19.9 Å². The van der Waals surface area contributed by atoms with Crippen molar-refractivity contribution in [2.75, 3.05) is 19.6 Å². The molecule has 1 aliphatic rings. The van der Waals surface area contributed by atoms with E-state index in [1.165, 1.54) is 11.1 Å². The van der Waals surface area contributed by atoms with Crippen LogP contribution in [0.5, 0.6) is 0 Å². The molecule has 4 heterocycles. The first kappa shape index (κ1) is 22.8. The second-order valence-electron chi connectivity index (χ2n) is 8.63. The highest BCUT2D eigenvalue weighted by molar-refractivity contribution is 6.45. The summed E-state index contributed by atoms with van der Waals surface area (Å²) in [6.45, 7) is 4.66. The number of imidazole rings is 1. The molecule has 0 spiro atoms. The van der Waals surface area contributed by atoms with Gasteiger partial charge in [0.05, 0.1) is 11.1 Å². The van der Waals surface area contributed by atoms with Crippen molar-refractivity contribution in [3.05, 3.63) is 70.8 Å². The van der Waals surface area contributed by atoms with Crippen LogP contribution in [0.4, 0.5) is 0 Å². The van der Waals surface area contributed by atoms with Crippen molar-refractivity contribution >= 4 is 40.2 Å². The number of aromatic nitrogens is 4. The van der Waals surface area contributed by atoms with Crippen molar-refractivity contribution in [3.8, 4) is 11.4 Å². The third-order valence-electron chi connectivity index (χ3n) is 6.20. The zero-order valence-electron chi connectivity index (χ0n) is 19.2. The molecule has 2 N–H and O–H groups in total. The third kappa shape index (κ3) is 4.19. The quantitative estimate of drug-likeness (QED) is 0.258. The Labute approximate surface area is 206 Å². The average molecular weight is 491 g/mol. The van der Waals surface area contributed by atoms with E-state index >= 15 is 0 Å². The van der Waals surface area contributed by atoms with Crippen molar-refractivity contribution in [3.63, 3.8) is 0 Å². The number of pyridine rings is 1. The van der Waals surface area contributed by atoms with Gasteiger partial charge in [-0.3, -0.25) is 14.4 Å². The van der Waals surface area contributed by atoms with Crippen LogP contribution in [0.1, 0.15) is 33.3 Å². The Balaban J connectivity index is 1.37. The molecule has 1 aliphatic heterocycles. The number of carbonyl (C=O) groups is 3. The Morgan fingerprint density at radius 2 is 1.91 bits per heavy atom. The summed E-state index contributed by atoms with van der Waals surface area (Å²) in [6, 6.07) is 10.3. The van der Waals surface area contributed by atoms with E-state index < -0.39 is 11.7 Å². The van der Waals surface area contributed by atoms with Gasteiger partial charge in [-0.05, 0) is 32.0 Å². The summed E-state index contributed by atoms with van der Waals surface area (Å²) in [6.07, 6.45) is 3.17. The Morgan fingerprint density at radius 1 is 1.14 bits per heavy atom. The van der Waals surface area contributed by atoms with Crippen molar-refractivity contribution in [2.24, 2.45) is 0 Å². The summed E-state index contributed by atoms with van der Waals surface area (Å²) in [5.41, 5.74) is 3.14. The number of carbonyl (C=O) groups excluding carboxylic acids is 3. The third-order valence-corrected chi connectivity index (χ3v) is 6.39. The second kappa shape index (κ2) is 8.99.